The number of hydrogen-bond donors (Lipinski definition) is 2. The number of nitrogens with two attached hydrogens (primary N) is 1. The molecule has 2 aliphatic rings. The Kier molecular flexibility index (Phi) is 4.45. The zero-order valence-electron chi connectivity index (χ0n) is 11.4. The number of carbonyl (C=O) groups is 2. The zero-order chi connectivity index (χ0) is 13.9. The van der Waals surface area contributed by atoms with Crippen LogP contribution in [0.1, 0.15) is 51.4 Å². The molecule has 2 rings (SSSR count). The number of piperidine rings is 1. The second-order valence-corrected chi connectivity index (χ2v) is 6.17. The van der Waals surface area contributed by atoms with Crippen LogP contribution in [-0.4, -0.2) is 40.5 Å². The topological polar surface area (TPSA) is 83.6 Å². The van der Waals surface area contributed by atoms with Gasteiger partial charge in [-0.2, -0.15) is 0 Å². The second-order valence-electron chi connectivity index (χ2n) is 6.17. The van der Waals surface area contributed by atoms with Crippen LogP contribution in [-0.2, 0) is 9.59 Å². The molecule has 0 aromatic heterocycles. The van der Waals surface area contributed by atoms with Crippen LogP contribution in [0.3, 0.4) is 0 Å². The van der Waals surface area contributed by atoms with E-state index < -0.39 is 5.97 Å². The lowest BCUT2D eigenvalue weighted by molar-refractivity contribution is -0.138. The van der Waals surface area contributed by atoms with Crippen molar-refractivity contribution in [2.75, 3.05) is 13.1 Å². The molecule has 1 saturated heterocycles. The second kappa shape index (κ2) is 5.90. The van der Waals surface area contributed by atoms with Gasteiger partial charge >= 0.3 is 5.97 Å². The van der Waals surface area contributed by atoms with Crippen LogP contribution in [0.25, 0.3) is 0 Å². The summed E-state index contributed by atoms with van der Waals surface area (Å²) in [5.74, 6) is -0.366. The van der Waals surface area contributed by atoms with Crippen molar-refractivity contribution in [3.63, 3.8) is 0 Å². The highest BCUT2D eigenvalue weighted by Crippen LogP contribution is 2.31. The fourth-order valence-corrected chi connectivity index (χ4v) is 3.30. The Hall–Kier alpha value is -1.10. The lowest BCUT2D eigenvalue weighted by atomic mass is 9.91. The number of amides is 1. The van der Waals surface area contributed by atoms with Crippen molar-refractivity contribution in [1.82, 2.24) is 4.90 Å². The van der Waals surface area contributed by atoms with E-state index in [1.54, 1.807) is 0 Å². The van der Waals surface area contributed by atoms with Crippen LogP contribution in [0, 0.1) is 5.92 Å². The largest absolute Gasteiger partial charge is 0.481 e. The van der Waals surface area contributed by atoms with Crippen LogP contribution in [0.2, 0.25) is 0 Å². The summed E-state index contributed by atoms with van der Waals surface area (Å²) in [6, 6.07) is 0. The van der Waals surface area contributed by atoms with Crippen molar-refractivity contribution in [1.29, 1.82) is 0 Å². The first-order valence-corrected chi connectivity index (χ1v) is 7.27. The monoisotopic (exact) mass is 268 g/mol. The van der Waals surface area contributed by atoms with Crippen LogP contribution < -0.4 is 5.73 Å². The molecule has 5 heteroatoms. The first-order valence-electron chi connectivity index (χ1n) is 7.27. The highest BCUT2D eigenvalue weighted by atomic mass is 16.4. The molecule has 5 nitrogen and oxygen atoms in total. The van der Waals surface area contributed by atoms with Gasteiger partial charge in [-0.1, -0.05) is 12.8 Å². The van der Waals surface area contributed by atoms with Crippen LogP contribution in [0.5, 0.6) is 0 Å². The molecule has 0 aromatic rings. The van der Waals surface area contributed by atoms with E-state index in [4.69, 9.17) is 10.8 Å². The molecule has 1 amide bonds. The van der Waals surface area contributed by atoms with E-state index in [0.717, 1.165) is 38.5 Å². The van der Waals surface area contributed by atoms with Crippen molar-refractivity contribution in [3.8, 4) is 0 Å². The Morgan fingerprint density at radius 3 is 2.32 bits per heavy atom. The summed E-state index contributed by atoms with van der Waals surface area (Å²) in [6.07, 6.45) is 6.45. The molecular weight excluding hydrogens is 244 g/mol. The molecule has 3 N–H and O–H groups in total. The Morgan fingerprint density at radius 2 is 1.79 bits per heavy atom. The first-order chi connectivity index (χ1) is 8.98. The van der Waals surface area contributed by atoms with Crippen molar-refractivity contribution in [2.45, 2.75) is 56.9 Å². The van der Waals surface area contributed by atoms with Gasteiger partial charge in [-0.15, -0.1) is 0 Å². The Labute approximate surface area is 114 Å². The van der Waals surface area contributed by atoms with Gasteiger partial charge in [0.15, 0.2) is 0 Å². The average molecular weight is 268 g/mol. The van der Waals surface area contributed by atoms with Crippen LogP contribution in [0.4, 0.5) is 0 Å². The van der Waals surface area contributed by atoms with E-state index >= 15 is 0 Å². The number of carboxylic acids is 1. The summed E-state index contributed by atoms with van der Waals surface area (Å²) < 4.78 is 0. The van der Waals surface area contributed by atoms with Crippen molar-refractivity contribution in [2.24, 2.45) is 11.7 Å². The van der Waals surface area contributed by atoms with Gasteiger partial charge < -0.3 is 15.7 Å². The number of hydrogen-bond acceptors (Lipinski definition) is 3. The molecule has 0 aromatic carbocycles. The molecule has 19 heavy (non-hydrogen) atoms. The average Bonchev–Trinajstić information content (AvgIpc) is 2.75. The van der Waals surface area contributed by atoms with Gasteiger partial charge in [0.25, 0.3) is 0 Å². The van der Waals surface area contributed by atoms with E-state index in [0.29, 0.717) is 19.5 Å². The van der Waals surface area contributed by atoms with Gasteiger partial charge in [0.2, 0.25) is 5.91 Å². The van der Waals surface area contributed by atoms with Gasteiger partial charge in [0, 0.05) is 31.5 Å². The molecule has 0 spiro atoms. The van der Waals surface area contributed by atoms with Crippen molar-refractivity contribution in [3.05, 3.63) is 0 Å². The van der Waals surface area contributed by atoms with Gasteiger partial charge in [0.1, 0.15) is 0 Å². The summed E-state index contributed by atoms with van der Waals surface area (Å²) in [4.78, 5) is 24.7. The fourth-order valence-electron chi connectivity index (χ4n) is 3.30. The standard InChI is InChI=1S/C14H24N2O3/c15-14(5-1-2-6-14)10-12(17)16-7-3-11(4-8-16)9-13(18)19/h11H,1-10,15H2,(H,18,19). The van der Waals surface area contributed by atoms with Crippen molar-refractivity contribution >= 4 is 11.9 Å². The molecule has 0 atom stereocenters. The molecule has 0 bridgehead atoms. The van der Waals surface area contributed by atoms with E-state index in [-0.39, 0.29) is 23.8 Å². The highest BCUT2D eigenvalue weighted by Gasteiger charge is 2.34. The summed E-state index contributed by atoms with van der Waals surface area (Å²) in [7, 11) is 0. The number of nitrogens with zero attached hydrogens (tertiary/aromatic N) is 1. The number of likely N-dealkylation sites (tertiary alicyclic amines) is 1. The maximum absolute atomic E-state index is 12.2. The normalized spacial score (nSPS) is 23.5. The fraction of sp³-hybridized carbons (Fsp3) is 0.857. The number of rotatable bonds is 4. The molecular formula is C14H24N2O3. The molecule has 1 heterocycles. The minimum atomic E-state index is -0.739. The third-order valence-corrected chi connectivity index (χ3v) is 4.53. The summed E-state index contributed by atoms with van der Waals surface area (Å²) in [5, 5.41) is 8.77. The third-order valence-electron chi connectivity index (χ3n) is 4.53. The Morgan fingerprint density at radius 1 is 1.21 bits per heavy atom. The molecule has 1 saturated carbocycles. The predicted octanol–water partition coefficient (Wildman–Crippen LogP) is 1.36. The summed E-state index contributed by atoms with van der Waals surface area (Å²) in [6.45, 7) is 1.37. The van der Waals surface area contributed by atoms with Crippen molar-refractivity contribution < 1.29 is 14.7 Å². The maximum atomic E-state index is 12.2. The Balaban J connectivity index is 1.77. The smallest absolute Gasteiger partial charge is 0.303 e. The number of carbonyl (C=O) groups excluding carboxylic acids is 1. The first kappa shape index (κ1) is 14.3. The molecule has 0 unspecified atom stereocenters. The molecule has 2 fully saturated rings. The minimum Gasteiger partial charge on any atom is -0.481 e. The number of aliphatic carboxylic acids is 1. The van der Waals surface area contributed by atoms with E-state index in [9.17, 15) is 9.59 Å². The van der Waals surface area contributed by atoms with E-state index in [1.807, 2.05) is 4.90 Å². The molecule has 108 valence electrons. The SMILES string of the molecule is NC1(CC(=O)N2CCC(CC(=O)O)CC2)CCCC1. The lowest BCUT2D eigenvalue weighted by Gasteiger charge is -2.34. The van der Waals surface area contributed by atoms with Crippen LogP contribution in [0.15, 0.2) is 0 Å². The highest BCUT2D eigenvalue weighted by molar-refractivity contribution is 5.77. The molecule has 0 radical (unpaired) electrons. The minimum absolute atomic E-state index is 0.151. The Bertz CT molecular complexity index is 343. The van der Waals surface area contributed by atoms with E-state index in [1.165, 1.54) is 0 Å². The maximum Gasteiger partial charge on any atom is 0.303 e. The van der Waals surface area contributed by atoms with Crippen LogP contribution >= 0.6 is 0 Å². The lowest BCUT2D eigenvalue weighted by Crippen LogP contribution is -2.46. The predicted molar refractivity (Wildman–Crippen MR) is 71.6 cm³/mol. The van der Waals surface area contributed by atoms with Gasteiger partial charge in [-0.05, 0) is 31.6 Å². The summed E-state index contributed by atoms with van der Waals surface area (Å²) >= 11 is 0. The van der Waals surface area contributed by atoms with Gasteiger partial charge in [-0.25, -0.2) is 0 Å². The van der Waals surface area contributed by atoms with Gasteiger partial charge in [-0.3, -0.25) is 9.59 Å². The molecule has 1 aliphatic heterocycles. The number of carboxylic acid groups (broad SMARTS) is 1. The van der Waals surface area contributed by atoms with E-state index in [2.05, 4.69) is 0 Å². The summed E-state index contributed by atoms with van der Waals surface area (Å²) in [5.41, 5.74) is 5.95. The quantitative estimate of drug-likeness (QED) is 0.806. The zero-order valence-corrected chi connectivity index (χ0v) is 11.4. The van der Waals surface area contributed by atoms with Gasteiger partial charge in [0.05, 0.1) is 0 Å². The third kappa shape index (κ3) is 3.93. The molecule has 1 aliphatic carbocycles.